The number of hydrogen-bond donors (Lipinski definition) is 2. The van der Waals surface area contributed by atoms with Crippen molar-refractivity contribution in [1.82, 2.24) is 5.32 Å². The molecule has 0 heterocycles. The van der Waals surface area contributed by atoms with Crippen LogP contribution >= 0.6 is 0 Å². The van der Waals surface area contributed by atoms with E-state index in [-0.39, 0.29) is 5.75 Å². The quantitative estimate of drug-likeness (QED) is 0.721. The average molecular weight is 284 g/mol. The van der Waals surface area contributed by atoms with Crippen molar-refractivity contribution in [1.29, 1.82) is 0 Å². The van der Waals surface area contributed by atoms with Gasteiger partial charge in [0, 0.05) is 5.69 Å². The van der Waals surface area contributed by atoms with Gasteiger partial charge >= 0.3 is 0 Å². The Kier molecular flexibility index (Phi) is 6.31. The standard InChI is InChI=1S/C14H24N2O2S/c1-12(2)13-6-8-14(9-7-13)16-19(17,18)11-5-4-10-15-3/h6-9,12,15-16H,4-5,10-11H2,1-3H3. The monoisotopic (exact) mass is 284 g/mol. The molecule has 0 fully saturated rings. The van der Waals surface area contributed by atoms with E-state index in [1.54, 1.807) is 0 Å². The second-order valence-corrected chi connectivity index (χ2v) is 6.85. The van der Waals surface area contributed by atoms with Crippen LogP contribution in [0.4, 0.5) is 5.69 Å². The fourth-order valence-corrected chi connectivity index (χ4v) is 2.94. The normalized spacial score (nSPS) is 11.8. The number of rotatable bonds is 8. The minimum absolute atomic E-state index is 0.167. The number of sulfonamides is 1. The first kappa shape index (κ1) is 16.0. The summed E-state index contributed by atoms with van der Waals surface area (Å²) in [6, 6.07) is 7.56. The molecule has 0 bridgehead atoms. The Morgan fingerprint density at radius 2 is 1.74 bits per heavy atom. The fraction of sp³-hybridized carbons (Fsp3) is 0.571. The highest BCUT2D eigenvalue weighted by Crippen LogP contribution is 2.18. The van der Waals surface area contributed by atoms with Gasteiger partial charge in [0.15, 0.2) is 0 Å². The Morgan fingerprint density at radius 1 is 1.11 bits per heavy atom. The minimum Gasteiger partial charge on any atom is -0.320 e. The molecule has 2 N–H and O–H groups in total. The lowest BCUT2D eigenvalue weighted by atomic mass is 10.0. The predicted octanol–water partition coefficient (Wildman–Crippen LogP) is 2.55. The molecule has 0 aliphatic rings. The van der Waals surface area contributed by atoms with Crippen molar-refractivity contribution in [2.75, 3.05) is 24.1 Å². The molecule has 1 aromatic carbocycles. The summed E-state index contributed by atoms with van der Waals surface area (Å²) in [4.78, 5) is 0. The molecular formula is C14H24N2O2S. The van der Waals surface area contributed by atoms with Gasteiger partial charge in [-0.15, -0.1) is 0 Å². The zero-order valence-corrected chi connectivity index (χ0v) is 12.8. The summed E-state index contributed by atoms with van der Waals surface area (Å²) in [7, 11) is -1.36. The van der Waals surface area contributed by atoms with Crippen LogP contribution in [0, 0.1) is 0 Å². The Hall–Kier alpha value is -1.07. The SMILES string of the molecule is CNCCCCS(=O)(=O)Nc1ccc(C(C)C)cc1. The maximum Gasteiger partial charge on any atom is 0.232 e. The number of nitrogens with one attached hydrogen (secondary N) is 2. The van der Waals surface area contributed by atoms with Crippen molar-refractivity contribution in [3.05, 3.63) is 29.8 Å². The molecule has 0 radical (unpaired) electrons. The van der Waals surface area contributed by atoms with Crippen molar-refractivity contribution in [3.63, 3.8) is 0 Å². The summed E-state index contributed by atoms with van der Waals surface area (Å²) in [5.41, 5.74) is 1.84. The van der Waals surface area contributed by atoms with Gasteiger partial charge in [-0.1, -0.05) is 26.0 Å². The van der Waals surface area contributed by atoms with E-state index in [1.807, 2.05) is 31.3 Å². The summed E-state index contributed by atoms with van der Waals surface area (Å²) in [5.74, 6) is 0.618. The third-order valence-corrected chi connectivity index (χ3v) is 4.31. The van der Waals surface area contributed by atoms with Gasteiger partial charge in [-0.2, -0.15) is 0 Å². The van der Waals surface area contributed by atoms with E-state index in [2.05, 4.69) is 23.9 Å². The second-order valence-electron chi connectivity index (χ2n) is 5.01. The summed E-state index contributed by atoms with van der Waals surface area (Å²) in [6.07, 6.45) is 1.53. The second kappa shape index (κ2) is 7.50. The fourth-order valence-electron chi connectivity index (χ4n) is 1.76. The van der Waals surface area contributed by atoms with Crippen molar-refractivity contribution < 1.29 is 8.42 Å². The lowest BCUT2D eigenvalue weighted by Gasteiger charge is -2.10. The van der Waals surface area contributed by atoms with Gasteiger partial charge in [0.25, 0.3) is 0 Å². The van der Waals surface area contributed by atoms with Gasteiger partial charge in [-0.25, -0.2) is 8.42 Å². The van der Waals surface area contributed by atoms with E-state index in [9.17, 15) is 8.42 Å². The highest BCUT2D eigenvalue weighted by molar-refractivity contribution is 7.92. The molecule has 0 aliphatic heterocycles. The first-order valence-electron chi connectivity index (χ1n) is 6.69. The molecule has 0 aliphatic carbocycles. The van der Waals surface area contributed by atoms with Crippen LogP contribution in [0.2, 0.25) is 0 Å². The van der Waals surface area contributed by atoms with E-state index in [4.69, 9.17) is 0 Å². The number of benzene rings is 1. The Bertz CT molecular complexity index is 467. The van der Waals surface area contributed by atoms with Crippen LogP contribution in [0.25, 0.3) is 0 Å². The lowest BCUT2D eigenvalue weighted by molar-refractivity contribution is 0.595. The molecule has 108 valence electrons. The molecule has 1 aromatic rings. The molecular weight excluding hydrogens is 260 g/mol. The first-order valence-corrected chi connectivity index (χ1v) is 8.35. The van der Waals surface area contributed by atoms with Gasteiger partial charge in [-0.3, -0.25) is 4.72 Å². The number of hydrogen-bond acceptors (Lipinski definition) is 3. The smallest absolute Gasteiger partial charge is 0.232 e. The molecule has 0 aromatic heterocycles. The van der Waals surface area contributed by atoms with Crippen LogP contribution in [0.5, 0.6) is 0 Å². The van der Waals surface area contributed by atoms with Crippen LogP contribution in [-0.4, -0.2) is 27.8 Å². The van der Waals surface area contributed by atoms with Gasteiger partial charge < -0.3 is 5.32 Å². The molecule has 1 rings (SSSR count). The minimum atomic E-state index is -3.23. The highest BCUT2D eigenvalue weighted by Gasteiger charge is 2.10. The van der Waals surface area contributed by atoms with Crippen LogP contribution in [0.3, 0.4) is 0 Å². The predicted molar refractivity (Wildman–Crippen MR) is 81.1 cm³/mol. The molecule has 5 heteroatoms. The van der Waals surface area contributed by atoms with Gasteiger partial charge in [0.05, 0.1) is 5.75 Å². The van der Waals surface area contributed by atoms with Crippen molar-refractivity contribution in [2.24, 2.45) is 0 Å². The maximum absolute atomic E-state index is 11.9. The summed E-state index contributed by atoms with van der Waals surface area (Å²) >= 11 is 0. The summed E-state index contributed by atoms with van der Waals surface area (Å²) in [6.45, 7) is 5.07. The molecule has 4 nitrogen and oxygen atoms in total. The van der Waals surface area contributed by atoms with E-state index >= 15 is 0 Å². The van der Waals surface area contributed by atoms with E-state index in [1.165, 1.54) is 5.56 Å². The van der Waals surface area contributed by atoms with Crippen LogP contribution in [-0.2, 0) is 10.0 Å². The molecule has 0 saturated heterocycles. The van der Waals surface area contributed by atoms with E-state index in [0.717, 1.165) is 13.0 Å². The highest BCUT2D eigenvalue weighted by atomic mass is 32.2. The van der Waals surface area contributed by atoms with Crippen molar-refractivity contribution >= 4 is 15.7 Å². The van der Waals surface area contributed by atoms with Crippen LogP contribution < -0.4 is 10.0 Å². The Balaban J connectivity index is 2.53. The number of unbranched alkanes of at least 4 members (excludes halogenated alkanes) is 1. The molecule has 0 unspecified atom stereocenters. The van der Waals surface area contributed by atoms with Crippen molar-refractivity contribution in [3.8, 4) is 0 Å². The maximum atomic E-state index is 11.9. The van der Waals surface area contributed by atoms with Gasteiger partial charge in [0.2, 0.25) is 10.0 Å². The van der Waals surface area contributed by atoms with Gasteiger partial charge in [-0.05, 0) is 50.0 Å². The third kappa shape index (κ3) is 6.07. The van der Waals surface area contributed by atoms with Crippen LogP contribution in [0.15, 0.2) is 24.3 Å². The van der Waals surface area contributed by atoms with E-state index in [0.29, 0.717) is 18.0 Å². The third-order valence-electron chi connectivity index (χ3n) is 2.94. The zero-order valence-electron chi connectivity index (χ0n) is 11.9. The van der Waals surface area contributed by atoms with E-state index < -0.39 is 10.0 Å². The Labute approximate surface area is 116 Å². The average Bonchev–Trinajstić information content (AvgIpc) is 2.35. The molecule has 0 spiro atoms. The Morgan fingerprint density at radius 3 is 2.26 bits per heavy atom. The molecule has 19 heavy (non-hydrogen) atoms. The zero-order chi connectivity index (χ0) is 14.3. The van der Waals surface area contributed by atoms with Gasteiger partial charge in [0.1, 0.15) is 0 Å². The lowest BCUT2D eigenvalue weighted by Crippen LogP contribution is -2.18. The number of anilines is 1. The summed E-state index contributed by atoms with van der Waals surface area (Å²) < 4.78 is 26.3. The first-order chi connectivity index (χ1) is 8.94. The molecule has 0 saturated carbocycles. The van der Waals surface area contributed by atoms with Crippen LogP contribution in [0.1, 0.15) is 38.2 Å². The van der Waals surface area contributed by atoms with Crippen molar-refractivity contribution in [2.45, 2.75) is 32.6 Å². The molecule has 0 atom stereocenters. The largest absolute Gasteiger partial charge is 0.320 e. The topological polar surface area (TPSA) is 58.2 Å². The summed E-state index contributed by atoms with van der Waals surface area (Å²) in [5, 5.41) is 3.01. The molecule has 0 amide bonds.